The van der Waals surface area contributed by atoms with Gasteiger partial charge < -0.3 is 9.53 Å². The fourth-order valence-electron chi connectivity index (χ4n) is 1.80. The average molecular weight is 311 g/mol. The molecule has 1 aliphatic carbocycles. The molecule has 0 N–H and O–H groups in total. The molecule has 0 aromatic heterocycles. The molecule has 0 heterocycles. The van der Waals surface area contributed by atoms with Gasteiger partial charge >= 0.3 is 0 Å². The molecular weight excluding hydrogens is 292 g/mol. The van der Waals surface area contributed by atoms with Crippen LogP contribution < -0.4 is 4.74 Å². The number of hydrogen-bond donors (Lipinski definition) is 0. The minimum absolute atomic E-state index is 0.239. The van der Waals surface area contributed by atoms with Crippen molar-refractivity contribution < 1.29 is 9.53 Å². The Bertz CT molecular complexity index is 407. The van der Waals surface area contributed by atoms with Crippen LogP contribution in [0.25, 0.3) is 0 Å². The molecule has 0 unspecified atom stereocenters. The van der Waals surface area contributed by atoms with E-state index in [2.05, 4.69) is 15.9 Å². The number of ether oxygens (including phenoxy) is 1. The van der Waals surface area contributed by atoms with Gasteiger partial charge in [0.15, 0.2) is 0 Å². The number of halogens is 1. The maximum atomic E-state index is 10.9. The van der Waals surface area contributed by atoms with Crippen molar-refractivity contribution in [2.45, 2.75) is 32.6 Å². The summed E-state index contributed by atoms with van der Waals surface area (Å²) in [7, 11) is 0. The van der Waals surface area contributed by atoms with E-state index < -0.39 is 0 Å². The molecule has 0 saturated heterocycles. The first-order chi connectivity index (χ1) is 8.63. The largest absolute Gasteiger partial charge is 0.493 e. The Morgan fingerprint density at radius 3 is 2.50 bits per heavy atom. The molecule has 2 nitrogen and oxygen atoms in total. The van der Waals surface area contributed by atoms with Gasteiger partial charge in [-0.2, -0.15) is 0 Å². The third kappa shape index (κ3) is 3.84. The van der Waals surface area contributed by atoms with Crippen LogP contribution in [-0.2, 0) is 11.2 Å². The predicted molar refractivity (Wildman–Crippen MR) is 76.4 cm³/mol. The number of carbonyl (C=O) groups is 1. The summed E-state index contributed by atoms with van der Waals surface area (Å²) in [6.45, 7) is 2.43. The minimum Gasteiger partial charge on any atom is -0.493 e. The highest BCUT2D eigenvalue weighted by Gasteiger charge is 2.42. The number of ketones is 1. The van der Waals surface area contributed by atoms with Crippen LogP contribution in [0.15, 0.2) is 24.3 Å². The Hall–Kier alpha value is -0.830. The SMILES string of the molecule is CC(=O)CCc1ccc(OCC2(CBr)CC2)cc1. The fraction of sp³-hybridized carbons (Fsp3) is 0.533. The normalized spacial score (nSPS) is 16.3. The number of benzene rings is 1. The Labute approximate surface area is 117 Å². The molecule has 2 rings (SSSR count). The topological polar surface area (TPSA) is 26.3 Å². The van der Waals surface area contributed by atoms with Crippen LogP contribution in [0.4, 0.5) is 0 Å². The van der Waals surface area contributed by atoms with Gasteiger partial charge in [-0.25, -0.2) is 0 Å². The van der Waals surface area contributed by atoms with Crippen molar-refractivity contribution in [3.63, 3.8) is 0 Å². The molecule has 98 valence electrons. The summed E-state index contributed by atoms with van der Waals surface area (Å²) in [6.07, 6.45) is 3.96. The number of aryl methyl sites for hydroxylation is 1. The molecule has 0 aliphatic heterocycles. The van der Waals surface area contributed by atoms with Crippen molar-refractivity contribution in [3.8, 4) is 5.75 Å². The summed E-state index contributed by atoms with van der Waals surface area (Å²) < 4.78 is 5.81. The maximum Gasteiger partial charge on any atom is 0.130 e. The monoisotopic (exact) mass is 310 g/mol. The molecule has 0 bridgehead atoms. The number of carbonyl (C=O) groups excluding carboxylic acids is 1. The molecule has 0 atom stereocenters. The van der Waals surface area contributed by atoms with Gasteiger partial charge in [-0.1, -0.05) is 28.1 Å². The zero-order valence-electron chi connectivity index (χ0n) is 10.7. The van der Waals surface area contributed by atoms with Crippen LogP contribution in [0, 0.1) is 5.41 Å². The zero-order valence-corrected chi connectivity index (χ0v) is 12.3. The van der Waals surface area contributed by atoms with Crippen molar-refractivity contribution >= 4 is 21.7 Å². The quantitative estimate of drug-likeness (QED) is 0.717. The molecule has 18 heavy (non-hydrogen) atoms. The van der Waals surface area contributed by atoms with E-state index in [9.17, 15) is 4.79 Å². The van der Waals surface area contributed by atoms with E-state index in [1.165, 1.54) is 18.4 Å². The first-order valence-electron chi connectivity index (χ1n) is 6.41. The summed E-state index contributed by atoms with van der Waals surface area (Å²) in [5.41, 5.74) is 1.58. The van der Waals surface area contributed by atoms with Gasteiger partial charge in [0, 0.05) is 17.2 Å². The fourth-order valence-corrected chi connectivity index (χ4v) is 2.53. The third-order valence-corrected chi connectivity index (χ3v) is 4.66. The van der Waals surface area contributed by atoms with E-state index in [-0.39, 0.29) is 5.78 Å². The second-order valence-electron chi connectivity index (χ2n) is 5.27. The number of rotatable bonds is 7. The van der Waals surface area contributed by atoms with Crippen LogP contribution in [0.2, 0.25) is 0 Å². The van der Waals surface area contributed by atoms with E-state index >= 15 is 0 Å². The third-order valence-electron chi connectivity index (χ3n) is 3.47. The number of alkyl halides is 1. The highest BCUT2D eigenvalue weighted by Crippen LogP contribution is 2.47. The minimum atomic E-state index is 0.239. The molecular formula is C15H19BrO2. The van der Waals surface area contributed by atoms with Crippen LogP contribution >= 0.6 is 15.9 Å². The lowest BCUT2D eigenvalue weighted by atomic mass is 10.1. The second-order valence-corrected chi connectivity index (χ2v) is 5.83. The summed E-state index contributed by atoms with van der Waals surface area (Å²) in [4.78, 5) is 10.9. The molecule has 1 aliphatic rings. The first kappa shape index (κ1) is 13.6. The molecule has 1 aromatic carbocycles. The van der Waals surface area contributed by atoms with Crippen LogP contribution in [0.1, 0.15) is 31.7 Å². The molecule has 1 aromatic rings. The first-order valence-corrected chi connectivity index (χ1v) is 7.53. The standard InChI is InChI=1S/C15H19BrO2/c1-12(17)2-3-13-4-6-14(7-5-13)18-11-15(10-16)8-9-15/h4-7H,2-3,8-11H2,1H3. The van der Waals surface area contributed by atoms with Gasteiger partial charge in [-0.05, 0) is 43.9 Å². The number of Topliss-reactive ketones (excluding diaryl/α,β-unsaturated/α-hetero) is 1. The van der Waals surface area contributed by atoms with Gasteiger partial charge in [0.2, 0.25) is 0 Å². The molecule has 0 radical (unpaired) electrons. The lowest BCUT2D eigenvalue weighted by molar-refractivity contribution is -0.116. The van der Waals surface area contributed by atoms with E-state index in [4.69, 9.17) is 4.74 Å². The summed E-state index contributed by atoms with van der Waals surface area (Å²) in [5.74, 6) is 1.16. The highest BCUT2D eigenvalue weighted by molar-refractivity contribution is 9.09. The second kappa shape index (κ2) is 5.87. The van der Waals surface area contributed by atoms with E-state index in [1.807, 2.05) is 24.3 Å². The Kier molecular flexibility index (Phi) is 4.44. The predicted octanol–water partition coefficient (Wildman–Crippen LogP) is 3.76. The molecule has 0 spiro atoms. The zero-order chi connectivity index (χ0) is 13.0. The highest BCUT2D eigenvalue weighted by atomic mass is 79.9. The van der Waals surface area contributed by atoms with E-state index in [1.54, 1.807) is 6.92 Å². The lowest BCUT2D eigenvalue weighted by Gasteiger charge is -2.13. The lowest BCUT2D eigenvalue weighted by Crippen LogP contribution is -2.14. The molecule has 1 saturated carbocycles. The van der Waals surface area contributed by atoms with E-state index in [0.29, 0.717) is 11.8 Å². The van der Waals surface area contributed by atoms with Crippen molar-refractivity contribution in [2.24, 2.45) is 5.41 Å². The van der Waals surface area contributed by atoms with Crippen molar-refractivity contribution in [1.29, 1.82) is 0 Å². The van der Waals surface area contributed by atoms with E-state index in [0.717, 1.165) is 24.1 Å². The van der Waals surface area contributed by atoms with Gasteiger partial charge in [0.05, 0.1) is 6.61 Å². The summed E-state index contributed by atoms with van der Waals surface area (Å²) in [6, 6.07) is 8.09. The average Bonchev–Trinajstić information content (AvgIpc) is 3.16. The smallest absolute Gasteiger partial charge is 0.130 e. The molecule has 1 fully saturated rings. The Balaban J connectivity index is 1.82. The van der Waals surface area contributed by atoms with Crippen molar-refractivity contribution in [1.82, 2.24) is 0 Å². The van der Waals surface area contributed by atoms with Gasteiger partial charge in [-0.3, -0.25) is 0 Å². The van der Waals surface area contributed by atoms with Crippen LogP contribution in [0.3, 0.4) is 0 Å². The number of hydrogen-bond acceptors (Lipinski definition) is 2. The van der Waals surface area contributed by atoms with Gasteiger partial charge in [-0.15, -0.1) is 0 Å². The van der Waals surface area contributed by atoms with Crippen LogP contribution in [-0.4, -0.2) is 17.7 Å². The summed E-state index contributed by atoms with van der Waals surface area (Å²) in [5, 5.41) is 1.02. The maximum absolute atomic E-state index is 10.9. The van der Waals surface area contributed by atoms with Crippen molar-refractivity contribution in [3.05, 3.63) is 29.8 Å². The molecule has 3 heteroatoms. The summed E-state index contributed by atoms with van der Waals surface area (Å²) >= 11 is 3.54. The Morgan fingerprint density at radius 2 is 2.00 bits per heavy atom. The van der Waals surface area contributed by atoms with Crippen molar-refractivity contribution in [2.75, 3.05) is 11.9 Å². The van der Waals surface area contributed by atoms with Gasteiger partial charge in [0.25, 0.3) is 0 Å². The van der Waals surface area contributed by atoms with Gasteiger partial charge in [0.1, 0.15) is 11.5 Å². The van der Waals surface area contributed by atoms with Crippen LogP contribution in [0.5, 0.6) is 5.75 Å². The Morgan fingerprint density at radius 1 is 1.33 bits per heavy atom. The molecule has 0 amide bonds.